The highest BCUT2D eigenvalue weighted by molar-refractivity contribution is 8.27. The maximum absolute atomic E-state index is 13.4. The highest BCUT2D eigenvalue weighted by Crippen LogP contribution is 2.39. The molecule has 0 aromatic heterocycles. The lowest BCUT2D eigenvalue weighted by Gasteiger charge is -2.16. The van der Waals surface area contributed by atoms with Crippen molar-refractivity contribution in [3.8, 4) is 0 Å². The summed E-state index contributed by atoms with van der Waals surface area (Å²) < 4.78 is 0.194. The molecule has 1 amide bonds. The van der Waals surface area contributed by atoms with E-state index in [1.165, 1.54) is 17.0 Å². The Kier molecular flexibility index (Phi) is 5.39. The Hall–Kier alpha value is -4.01. The standard InChI is InChI=1S/C26H15NO5S2/c28-23-22(13-21-19-7-3-1-5-14(19)9-15-6-2-4-8-20(15)21)34-26(33)27(23)18-11-16(24(29)30)10-17(12-18)25(31)32/h1-13H,(H,29,30)(H,31,32)/b22-13-. The first-order valence-corrected chi connectivity index (χ1v) is 11.4. The molecule has 6 nitrogen and oxygen atoms in total. The van der Waals surface area contributed by atoms with Gasteiger partial charge in [-0.3, -0.25) is 9.69 Å². The summed E-state index contributed by atoms with van der Waals surface area (Å²) in [6, 6.07) is 21.4. The van der Waals surface area contributed by atoms with Crippen LogP contribution >= 0.6 is 24.0 Å². The zero-order chi connectivity index (χ0) is 24.0. The van der Waals surface area contributed by atoms with Crippen LogP contribution in [0.5, 0.6) is 0 Å². The van der Waals surface area contributed by atoms with Gasteiger partial charge in [-0.2, -0.15) is 0 Å². The van der Waals surface area contributed by atoms with Gasteiger partial charge in [-0.1, -0.05) is 72.5 Å². The summed E-state index contributed by atoms with van der Waals surface area (Å²) in [4.78, 5) is 38.0. The first kappa shape index (κ1) is 21.8. The number of carbonyl (C=O) groups excluding carboxylic acids is 1. The van der Waals surface area contributed by atoms with Crippen molar-refractivity contribution in [3.05, 3.63) is 94.4 Å². The molecule has 1 fully saturated rings. The summed E-state index contributed by atoms with van der Waals surface area (Å²) in [5.74, 6) is -3.04. The van der Waals surface area contributed by atoms with Gasteiger partial charge in [-0.15, -0.1) is 0 Å². The van der Waals surface area contributed by atoms with Crippen LogP contribution in [0.15, 0.2) is 77.7 Å². The van der Waals surface area contributed by atoms with E-state index in [-0.39, 0.29) is 21.1 Å². The molecule has 0 aliphatic carbocycles. The van der Waals surface area contributed by atoms with Crippen molar-refractivity contribution in [3.63, 3.8) is 0 Å². The van der Waals surface area contributed by atoms with Gasteiger partial charge < -0.3 is 10.2 Å². The van der Waals surface area contributed by atoms with Crippen LogP contribution in [0.4, 0.5) is 5.69 Å². The number of carboxylic acid groups (broad SMARTS) is 2. The van der Waals surface area contributed by atoms with Crippen molar-refractivity contribution in [1.82, 2.24) is 0 Å². The number of aromatic carboxylic acids is 2. The number of fused-ring (bicyclic) bond motifs is 2. The molecule has 4 aromatic carbocycles. The molecule has 0 unspecified atom stereocenters. The lowest BCUT2D eigenvalue weighted by molar-refractivity contribution is -0.113. The Bertz CT molecular complexity index is 1500. The molecule has 8 heteroatoms. The van der Waals surface area contributed by atoms with Crippen molar-refractivity contribution in [2.24, 2.45) is 0 Å². The second kappa shape index (κ2) is 8.40. The first-order valence-electron chi connectivity index (χ1n) is 10.1. The van der Waals surface area contributed by atoms with E-state index in [2.05, 4.69) is 6.07 Å². The van der Waals surface area contributed by atoms with Crippen molar-refractivity contribution >= 4 is 79.5 Å². The van der Waals surface area contributed by atoms with Gasteiger partial charge in [-0.05, 0) is 57.4 Å². The summed E-state index contributed by atoms with van der Waals surface area (Å²) in [6.07, 6.45) is 1.79. The third-order valence-electron chi connectivity index (χ3n) is 5.55. The van der Waals surface area contributed by atoms with Gasteiger partial charge in [0.05, 0.1) is 21.7 Å². The van der Waals surface area contributed by atoms with Crippen molar-refractivity contribution in [1.29, 1.82) is 0 Å². The number of anilines is 1. The summed E-state index contributed by atoms with van der Waals surface area (Å²) in [6.45, 7) is 0. The number of carboxylic acids is 2. The van der Waals surface area contributed by atoms with E-state index >= 15 is 0 Å². The maximum Gasteiger partial charge on any atom is 0.335 e. The van der Waals surface area contributed by atoms with E-state index in [4.69, 9.17) is 12.2 Å². The van der Waals surface area contributed by atoms with E-state index in [0.717, 1.165) is 44.9 Å². The molecule has 4 aromatic rings. The molecular weight excluding hydrogens is 470 g/mol. The van der Waals surface area contributed by atoms with E-state index in [1.54, 1.807) is 6.08 Å². The topological polar surface area (TPSA) is 94.9 Å². The molecule has 1 saturated heterocycles. The molecule has 2 N–H and O–H groups in total. The SMILES string of the molecule is O=C(O)c1cc(C(=O)O)cc(N2C(=O)/C(=C/c3c4ccccc4cc4ccccc34)SC2=S)c1. The van der Waals surface area contributed by atoms with Gasteiger partial charge in [0.2, 0.25) is 0 Å². The number of rotatable bonds is 4. The average Bonchev–Trinajstić information content (AvgIpc) is 3.11. The van der Waals surface area contributed by atoms with Crippen LogP contribution in [0.3, 0.4) is 0 Å². The van der Waals surface area contributed by atoms with Gasteiger partial charge in [0.1, 0.15) is 0 Å². The smallest absolute Gasteiger partial charge is 0.335 e. The number of amides is 1. The Labute approximate surface area is 203 Å². The minimum atomic E-state index is -1.30. The van der Waals surface area contributed by atoms with E-state index in [9.17, 15) is 24.6 Å². The second-order valence-electron chi connectivity index (χ2n) is 7.63. The minimum Gasteiger partial charge on any atom is -0.478 e. The molecule has 0 radical (unpaired) electrons. The number of hydrogen-bond donors (Lipinski definition) is 2. The number of benzene rings is 4. The Morgan fingerprint density at radius 3 is 1.88 bits per heavy atom. The summed E-state index contributed by atoms with van der Waals surface area (Å²) in [5, 5.41) is 22.8. The number of thioether (sulfide) groups is 1. The van der Waals surface area contributed by atoms with Crippen LogP contribution in [0, 0.1) is 0 Å². The van der Waals surface area contributed by atoms with E-state index in [1.807, 2.05) is 48.5 Å². The van der Waals surface area contributed by atoms with Crippen LogP contribution in [0.1, 0.15) is 26.3 Å². The Morgan fingerprint density at radius 2 is 1.35 bits per heavy atom. The van der Waals surface area contributed by atoms with Gasteiger partial charge in [0.15, 0.2) is 4.32 Å². The van der Waals surface area contributed by atoms with Crippen molar-refractivity contribution in [2.75, 3.05) is 4.90 Å². The van der Waals surface area contributed by atoms with E-state index < -0.39 is 17.8 Å². The van der Waals surface area contributed by atoms with Gasteiger partial charge in [-0.25, -0.2) is 9.59 Å². The number of thiocarbonyl (C=S) groups is 1. The zero-order valence-electron chi connectivity index (χ0n) is 17.4. The second-order valence-corrected chi connectivity index (χ2v) is 9.30. The van der Waals surface area contributed by atoms with Gasteiger partial charge >= 0.3 is 11.9 Å². The van der Waals surface area contributed by atoms with Crippen LogP contribution in [0.25, 0.3) is 27.6 Å². The molecule has 5 rings (SSSR count). The molecule has 0 saturated carbocycles. The quantitative estimate of drug-likeness (QED) is 0.214. The monoisotopic (exact) mass is 485 g/mol. The fourth-order valence-electron chi connectivity index (χ4n) is 4.01. The number of nitrogens with zero attached hydrogens (tertiary/aromatic N) is 1. The highest BCUT2D eigenvalue weighted by Gasteiger charge is 2.34. The van der Waals surface area contributed by atoms with Crippen molar-refractivity contribution in [2.45, 2.75) is 0 Å². The molecule has 0 atom stereocenters. The highest BCUT2D eigenvalue weighted by atomic mass is 32.2. The number of hydrogen-bond acceptors (Lipinski definition) is 5. The van der Waals surface area contributed by atoms with Crippen LogP contribution in [-0.2, 0) is 4.79 Å². The zero-order valence-corrected chi connectivity index (χ0v) is 19.0. The van der Waals surface area contributed by atoms with Gasteiger partial charge in [0.25, 0.3) is 5.91 Å². The van der Waals surface area contributed by atoms with Crippen molar-refractivity contribution < 1.29 is 24.6 Å². The Balaban J connectivity index is 1.65. The molecule has 0 spiro atoms. The summed E-state index contributed by atoms with van der Waals surface area (Å²) >= 11 is 6.53. The molecule has 166 valence electrons. The fourth-order valence-corrected chi connectivity index (χ4v) is 5.29. The predicted molar refractivity (Wildman–Crippen MR) is 137 cm³/mol. The summed E-state index contributed by atoms with van der Waals surface area (Å²) in [5.41, 5.74) is 0.492. The third-order valence-corrected chi connectivity index (χ3v) is 6.85. The lowest BCUT2D eigenvalue weighted by atomic mass is 9.96. The van der Waals surface area contributed by atoms with E-state index in [0.29, 0.717) is 4.91 Å². The molecule has 34 heavy (non-hydrogen) atoms. The number of carbonyl (C=O) groups is 3. The summed E-state index contributed by atoms with van der Waals surface area (Å²) in [7, 11) is 0. The molecule has 1 aliphatic heterocycles. The average molecular weight is 486 g/mol. The Morgan fingerprint density at radius 1 is 0.824 bits per heavy atom. The maximum atomic E-state index is 13.4. The molecule has 1 heterocycles. The molecular formula is C26H15NO5S2. The van der Waals surface area contributed by atoms with Gasteiger partial charge in [0, 0.05) is 0 Å². The van der Waals surface area contributed by atoms with Crippen LogP contribution in [-0.4, -0.2) is 32.4 Å². The molecule has 1 aliphatic rings. The third kappa shape index (κ3) is 3.72. The fraction of sp³-hybridized carbons (Fsp3) is 0. The van der Waals surface area contributed by atoms with Crippen LogP contribution < -0.4 is 4.90 Å². The normalized spacial score (nSPS) is 14.9. The minimum absolute atomic E-state index is 0.103. The molecule has 0 bridgehead atoms. The largest absolute Gasteiger partial charge is 0.478 e. The first-order chi connectivity index (χ1) is 16.3. The van der Waals surface area contributed by atoms with Crippen LogP contribution in [0.2, 0.25) is 0 Å². The lowest BCUT2D eigenvalue weighted by Crippen LogP contribution is -2.28. The predicted octanol–water partition coefficient (Wildman–Crippen LogP) is 5.80.